The van der Waals surface area contributed by atoms with Crippen LogP contribution in [0.1, 0.15) is 33.9 Å². The second-order valence-corrected chi connectivity index (χ2v) is 7.20. The van der Waals surface area contributed by atoms with Crippen LogP contribution in [0.3, 0.4) is 0 Å². The number of amides is 1. The van der Waals surface area contributed by atoms with Crippen molar-refractivity contribution in [2.24, 2.45) is 0 Å². The highest BCUT2D eigenvalue weighted by Crippen LogP contribution is 2.33. The van der Waals surface area contributed by atoms with E-state index in [9.17, 15) is 4.79 Å². The van der Waals surface area contributed by atoms with Gasteiger partial charge in [-0.05, 0) is 47.9 Å². The largest absolute Gasteiger partial charge is 0.497 e. The maximum Gasteiger partial charge on any atom is 0.251 e. The lowest BCUT2D eigenvalue weighted by Crippen LogP contribution is -2.30. The third-order valence-corrected chi connectivity index (χ3v) is 5.09. The molecule has 0 radical (unpaired) electrons. The molecule has 30 heavy (non-hydrogen) atoms. The number of carbonyl (C=O) groups excluding carboxylic acids is 1. The van der Waals surface area contributed by atoms with E-state index in [-0.39, 0.29) is 11.9 Å². The molecule has 0 spiro atoms. The van der Waals surface area contributed by atoms with Crippen molar-refractivity contribution in [2.45, 2.75) is 18.9 Å². The van der Waals surface area contributed by atoms with Gasteiger partial charge >= 0.3 is 0 Å². The zero-order valence-corrected chi connectivity index (χ0v) is 17.0. The number of hydrogen-bond acceptors (Lipinski definition) is 4. The van der Waals surface area contributed by atoms with Crippen LogP contribution in [0.25, 0.3) is 0 Å². The molecule has 0 saturated heterocycles. The van der Waals surface area contributed by atoms with Crippen molar-refractivity contribution in [3.63, 3.8) is 0 Å². The van der Waals surface area contributed by atoms with Gasteiger partial charge in [-0.3, -0.25) is 4.79 Å². The van der Waals surface area contributed by atoms with Gasteiger partial charge in [-0.25, -0.2) is 0 Å². The van der Waals surface area contributed by atoms with Crippen LogP contribution in [0.4, 0.5) is 0 Å². The summed E-state index contributed by atoms with van der Waals surface area (Å²) in [4.78, 5) is 13.0. The van der Waals surface area contributed by atoms with E-state index in [0.29, 0.717) is 30.9 Å². The predicted octanol–water partition coefficient (Wildman–Crippen LogP) is 4.57. The van der Waals surface area contributed by atoms with Crippen LogP contribution in [-0.2, 0) is 6.42 Å². The number of fused-ring (bicyclic) bond motifs is 1. The Balaban J connectivity index is 1.62. The molecule has 5 nitrogen and oxygen atoms in total. The molecule has 0 bridgehead atoms. The fourth-order valence-corrected chi connectivity index (χ4v) is 3.50. The van der Waals surface area contributed by atoms with Crippen molar-refractivity contribution < 1.29 is 19.0 Å². The van der Waals surface area contributed by atoms with Crippen molar-refractivity contribution in [1.29, 1.82) is 0 Å². The number of ether oxygens (including phenoxy) is 3. The minimum Gasteiger partial charge on any atom is -0.497 e. The number of rotatable bonds is 6. The van der Waals surface area contributed by atoms with Gasteiger partial charge in [-0.1, -0.05) is 42.5 Å². The maximum atomic E-state index is 13.0. The van der Waals surface area contributed by atoms with E-state index in [4.69, 9.17) is 14.2 Å². The van der Waals surface area contributed by atoms with Gasteiger partial charge in [0, 0.05) is 12.0 Å². The van der Waals surface area contributed by atoms with Gasteiger partial charge in [0.1, 0.15) is 5.75 Å². The van der Waals surface area contributed by atoms with E-state index >= 15 is 0 Å². The van der Waals surface area contributed by atoms with Crippen molar-refractivity contribution in [3.05, 3.63) is 89.5 Å². The van der Waals surface area contributed by atoms with Gasteiger partial charge < -0.3 is 19.5 Å². The minimum atomic E-state index is -0.219. The average molecular weight is 403 g/mol. The molecule has 1 heterocycles. The van der Waals surface area contributed by atoms with Gasteiger partial charge in [0.2, 0.25) is 0 Å². The SMILES string of the molecule is COc1cccc(C(=O)N[C@H](Cc2ccccc2)c2ccc3c(c2)OCCCO3)c1. The quantitative estimate of drug-likeness (QED) is 0.655. The Kier molecular flexibility index (Phi) is 6.18. The molecule has 4 rings (SSSR count). The topological polar surface area (TPSA) is 56.8 Å². The number of hydrogen-bond donors (Lipinski definition) is 1. The molecule has 154 valence electrons. The highest BCUT2D eigenvalue weighted by atomic mass is 16.5. The van der Waals surface area contributed by atoms with Crippen LogP contribution >= 0.6 is 0 Å². The lowest BCUT2D eigenvalue weighted by Gasteiger charge is -2.21. The first-order chi connectivity index (χ1) is 14.7. The summed E-state index contributed by atoms with van der Waals surface area (Å²) < 4.78 is 16.9. The number of benzene rings is 3. The highest BCUT2D eigenvalue weighted by Gasteiger charge is 2.20. The van der Waals surface area contributed by atoms with Crippen molar-refractivity contribution in [3.8, 4) is 17.2 Å². The van der Waals surface area contributed by atoms with Gasteiger partial charge in [0.05, 0.1) is 26.4 Å². The fourth-order valence-electron chi connectivity index (χ4n) is 3.50. The summed E-state index contributed by atoms with van der Waals surface area (Å²) >= 11 is 0. The molecule has 0 aliphatic carbocycles. The van der Waals surface area contributed by atoms with Crippen LogP contribution in [-0.4, -0.2) is 26.2 Å². The molecule has 1 aliphatic heterocycles. The van der Waals surface area contributed by atoms with Crippen LogP contribution in [0.15, 0.2) is 72.8 Å². The normalized spacial score (nSPS) is 13.8. The van der Waals surface area contributed by atoms with Crippen molar-refractivity contribution in [2.75, 3.05) is 20.3 Å². The zero-order valence-electron chi connectivity index (χ0n) is 17.0. The number of nitrogens with one attached hydrogen (secondary N) is 1. The van der Waals surface area contributed by atoms with Crippen molar-refractivity contribution >= 4 is 5.91 Å². The third kappa shape index (κ3) is 4.74. The summed E-state index contributed by atoms with van der Waals surface area (Å²) in [7, 11) is 1.59. The second-order valence-electron chi connectivity index (χ2n) is 7.20. The van der Waals surface area contributed by atoms with E-state index in [1.54, 1.807) is 19.2 Å². The fraction of sp³-hybridized carbons (Fsp3) is 0.240. The maximum absolute atomic E-state index is 13.0. The van der Waals surface area contributed by atoms with Gasteiger partial charge in [0.25, 0.3) is 5.91 Å². The summed E-state index contributed by atoms with van der Waals surface area (Å²) in [5, 5.41) is 3.18. The summed E-state index contributed by atoms with van der Waals surface area (Å²) in [5.41, 5.74) is 2.67. The molecule has 1 atom stereocenters. The van der Waals surface area contributed by atoms with E-state index in [1.807, 2.05) is 48.5 Å². The predicted molar refractivity (Wildman–Crippen MR) is 115 cm³/mol. The molecule has 3 aromatic carbocycles. The second kappa shape index (κ2) is 9.35. The van der Waals surface area contributed by atoms with Crippen LogP contribution in [0.5, 0.6) is 17.2 Å². The van der Waals surface area contributed by atoms with E-state index in [1.165, 1.54) is 0 Å². The van der Waals surface area contributed by atoms with E-state index in [0.717, 1.165) is 29.0 Å². The average Bonchev–Trinajstić information content (AvgIpc) is 3.04. The first kappa shape index (κ1) is 19.8. The van der Waals surface area contributed by atoms with Crippen molar-refractivity contribution in [1.82, 2.24) is 5.32 Å². The molecule has 0 aromatic heterocycles. The zero-order chi connectivity index (χ0) is 20.8. The smallest absolute Gasteiger partial charge is 0.251 e. The Morgan fingerprint density at radius 1 is 0.967 bits per heavy atom. The van der Waals surface area contributed by atoms with E-state index in [2.05, 4.69) is 17.4 Å². The molecular weight excluding hydrogens is 378 g/mol. The monoisotopic (exact) mass is 403 g/mol. The van der Waals surface area contributed by atoms with Gasteiger partial charge in [-0.15, -0.1) is 0 Å². The molecule has 0 fully saturated rings. The minimum absolute atomic E-state index is 0.151. The van der Waals surface area contributed by atoms with Gasteiger partial charge in [0.15, 0.2) is 11.5 Å². The summed E-state index contributed by atoms with van der Waals surface area (Å²) in [6, 6.07) is 22.9. The molecule has 1 N–H and O–H groups in total. The standard InChI is InChI=1S/C25H25NO4/c1-28-21-10-5-9-20(16-21)25(27)26-22(15-18-7-3-2-4-8-18)19-11-12-23-24(17-19)30-14-6-13-29-23/h2-5,7-12,16-17,22H,6,13-15H2,1H3,(H,26,27)/t22-/m1/s1. The first-order valence-electron chi connectivity index (χ1n) is 10.1. The molecule has 0 saturated carbocycles. The highest BCUT2D eigenvalue weighted by molar-refractivity contribution is 5.94. The van der Waals surface area contributed by atoms with Gasteiger partial charge in [-0.2, -0.15) is 0 Å². The number of methoxy groups -OCH3 is 1. The van der Waals surface area contributed by atoms with E-state index < -0.39 is 0 Å². The third-order valence-electron chi connectivity index (χ3n) is 5.09. The number of carbonyl (C=O) groups is 1. The Morgan fingerprint density at radius 3 is 2.57 bits per heavy atom. The Morgan fingerprint density at radius 2 is 1.77 bits per heavy atom. The summed E-state index contributed by atoms with van der Waals surface area (Å²) in [6.45, 7) is 1.27. The lowest BCUT2D eigenvalue weighted by atomic mass is 9.98. The summed E-state index contributed by atoms with van der Waals surface area (Å²) in [5.74, 6) is 1.97. The summed E-state index contributed by atoms with van der Waals surface area (Å²) in [6.07, 6.45) is 1.51. The molecular formula is C25H25NO4. The Hall–Kier alpha value is -3.47. The Bertz CT molecular complexity index is 1000. The first-order valence-corrected chi connectivity index (χ1v) is 10.1. The molecule has 3 aromatic rings. The van der Waals surface area contributed by atoms with Crippen LogP contribution < -0.4 is 19.5 Å². The lowest BCUT2D eigenvalue weighted by molar-refractivity contribution is 0.0936. The molecule has 5 heteroatoms. The van der Waals surface area contributed by atoms with Crippen LogP contribution in [0, 0.1) is 0 Å². The molecule has 1 amide bonds. The molecule has 1 aliphatic rings. The Labute approximate surface area is 176 Å². The molecule has 0 unspecified atom stereocenters. The van der Waals surface area contributed by atoms with Crippen LogP contribution in [0.2, 0.25) is 0 Å².